The number of rotatable bonds is 5. The predicted molar refractivity (Wildman–Crippen MR) is 103 cm³/mol. The van der Waals surface area contributed by atoms with Crippen molar-refractivity contribution < 1.29 is 8.42 Å². The van der Waals surface area contributed by atoms with E-state index in [-0.39, 0.29) is 10.7 Å². The Hall–Kier alpha value is -2.58. The first kappa shape index (κ1) is 18.2. The molecule has 3 N–H and O–H groups in total. The van der Waals surface area contributed by atoms with Gasteiger partial charge >= 0.3 is 0 Å². The number of pyridine rings is 1. The molecule has 2 heterocycles. The molecule has 0 fully saturated rings. The molecule has 7 nitrogen and oxygen atoms in total. The molecule has 0 spiro atoms. The topological polar surface area (TPSA) is 99.8 Å². The predicted octanol–water partition coefficient (Wildman–Crippen LogP) is 3.93. The van der Waals surface area contributed by atoms with Gasteiger partial charge in [0.05, 0.1) is 23.3 Å². The fourth-order valence-electron chi connectivity index (χ4n) is 2.55. The number of H-pyrrole nitrogens is 1. The maximum absolute atomic E-state index is 12.5. The second-order valence-electron chi connectivity index (χ2n) is 5.84. The van der Waals surface area contributed by atoms with E-state index >= 15 is 0 Å². The van der Waals surface area contributed by atoms with Gasteiger partial charge in [-0.15, -0.1) is 0 Å². The molecule has 136 valence electrons. The van der Waals surface area contributed by atoms with Crippen LogP contribution in [0.4, 0.5) is 17.2 Å². The van der Waals surface area contributed by atoms with Crippen LogP contribution in [0.2, 0.25) is 5.02 Å². The van der Waals surface area contributed by atoms with E-state index < -0.39 is 10.0 Å². The van der Waals surface area contributed by atoms with Gasteiger partial charge in [-0.05, 0) is 50.6 Å². The van der Waals surface area contributed by atoms with Crippen LogP contribution in [0.3, 0.4) is 0 Å². The summed E-state index contributed by atoms with van der Waals surface area (Å²) in [6.45, 7) is 5.20. The lowest BCUT2D eigenvalue weighted by Gasteiger charge is -2.11. The SMILES string of the molecule is Cc1n[nH]c(C)c1S(=O)(=O)Nc1ccc(Nc2cccc(Cl)c2C)cn1. The molecule has 3 rings (SSSR count). The van der Waals surface area contributed by atoms with Gasteiger partial charge in [0, 0.05) is 10.7 Å². The molecular formula is C17H18ClN5O2S. The number of sulfonamides is 1. The maximum atomic E-state index is 12.5. The number of aryl methyl sites for hydroxylation is 2. The molecule has 0 radical (unpaired) electrons. The number of halogens is 1. The number of nitrogens with zero attached hydrogens (tertiary/aromatic N) is 2. The molecule has 0 saturated heterocycles. The molecule has 26 heavy (non-hydrogen) atoms. The molecule has 0 amide bonds. The zero-order valence-corrected chi connectivity index (χ0v) is 16.0. The van der Waals surface area contributed by atoms with Gasteiger partial charge < -0.3 is 5.32 Å². The van der Waals surface area contributed by atoms with Gasteiger partial charge in [0.25, 0.3) is 10.0 Å². The minimum Gasteiger partial charge on any atom is -0.354 e. The van der Waals surface area contributed by atoms with Crippen LogP contribution in [0.15, 0.2) is 41.4 Å². The Labute approximate surface area is 156 Å². The highest BCUT2D eigenvalue weighted by Crippen LogP contribution is 2.26. The molecule has 0 aliphatic rings. The van der Waals surface area contributed by atoms with E-state index in [1.54, 1.807) is 32.2 Å². The third-order valence-electron chi connectivity index (χ3n) is 3.88. The summed E-state index contributed by atoms with van der Waals surface area (Å²) in [5.74, 6) is 0.221. The normalized spacial score (nSPS) is 11.4. The van der Waals surface area contributed by atoms with Crippen LogP contribution >= 0.6 is 11.6 Å². The molecule has 0 saturated carbocycles. The van der Waals surface area contributed by atoms with Crippen molar-refractivity contribution in [1.29, 1.82) is 0 Å². The van der Waals surface area contributed by atoms with E-state index in [9.17, 15) is 8.42 Å². The molecule has 0 unspecified atom stereocenters. The summed E-state index contributed by atoms with van der Waals surface area (Å²) in [7, 11) is -3.76. The van der Waals surface area contributed by atoms with E-state index in [1.807, 2.05) is 25.1 Å². The number of aromatic amines is 1. The summed E-state index contributed by atoms with van der Waals surface area (Å²) in [6.07, 6.45) is 1.55. The average Bonchev–Trinajstić information content (AvgIpc) is 2.93. The first-order chi connectivity index (χ1) is 12.3. The first-order valence-electron chi connectivity index (χ1n) is 7.80. The number of benzene rings is 1. The van der Waals surface area contributed by atoms with Crippen LogP contribution in [-0.4, -0.2) is 23.6 Å². The standard InChI is InChI=1S/C17H18ClN5O2S/c1-10-14(18)5-4-6-15(10)20-13-7-8-16(19-9-13)23-26(24,25)17-11(2)21-22-12(17)3/h4-9,20H,1-3H3,(H,19,23)(H,21,22). The molecule has 1 aromatic carbocycles. The van der Waals surface area contributed by atoms with E-state index in [1.165, 1.54) is 0 Å². The maximum Gasteiger partial charge on any atom is 0.266 e. The summed E-state index contributed by atoms with van der Waals surface area (Å²) in [5, 5.41) is 10.5. The molecular weight excluding hydrogens is 374 g/mol. The van der Waals surface area contributed by atoms with Crippen LogP contribution in [0.5, 0.6) is 0 Å². The molecule has 0 aliphatic heterocycles. The lowest BCUT2D eigenvalue weighted by atomic mass is 10.2. The van der Waals surface area contributed by atoms with Crippen LogP contribution in [0.1, 0.15) is 17.0 Å². The molecule has 9 heteroatoms. The summed E-state index contributed by atoms with van der Waals surface area (Å²) in [4.78, 5) is 4.30. The summed E-state index contributed by atoms with van der Waals surface area (Å²) < 4.78 is 27.5. The quantitative estimate of drug-likeness (QED) is 0.611. The van der Waals surface area contributed by atoms with E-state index in [4.69, 9.17) is 11.6 Å². The van der Waals surface area contributed by atoms with E-state index in [2.05, 4.69) is 25.2 Å². The monoisotopic (exact) mass is 391 g/mol. The van der Waals surface area contributed by atoms with Gasteiger partial charge in [0.2, 0.25) is 0 Å². The highest BCUT2D eigenvalue weighted by Gasteiger charge is 2.22. The Morgan fingerprint density at radius 1 is 1.12 bits per heavy atom. The van der Waals surface area contributed by atoms with Gasteiger partial charge in [-0.2, -0.15) is 5.10 Å². The number of aromatic nitrogens is 3. The van der Waals surface area contributed by atoms with Crippen molar-refractivity contribution in [2.24, 2.45) is 0 Å². The number of hydrogen-bond donors (Lipinski definition) is 3. The third kappa shape index (κ3) is 3.66. The molecule has 2 aromatic heterocycles. The third-order valence-corrected chi connectivity index (χ3v) is 5.90. The van der Waals surface area contributed by atoms with Gasteiger partial charge in [0.1, 0.15) is 10.7 Å². The van der Waals surface area contributed by atoms with Gasteiger partial charge in [-0.3, -0.25) is 9.82 Å². The number of hydrogen-bond acceptors (Lipinski definition) is 5. The Morgan fingerprint density at radius 2 is 1.88 bits per heavy atom. The molecule has 0 aliphatic carbocycles. The van der Waals surface area contributed by atoms with Crippen molar-refractivity contribution in [3.63, 3.8) is 0 Å². The summed E-state index contributed by atoms with van der Waals surface area (Å²) in [5.41, 5.74) is 3.38. The van der Waals surface area contributed by atoms with Crippen molar-refractivity contribution in [1.82, 2.24) is 15.2 Å². The lowest BCUT2D eigenvalue weighted by molar-refractivity contribution is 0.600. The first-order valence-corrected chi connectivity index (χ1v) is 9.66. The summed E-state index contributed by atoms with van der Waals surface area (Å²) in [6, 6.07) is 8.90. The molecule has 0 bridgehead atoms. The summed E-state index contributed by atoms with van der Waals surface area (Å²) >= 11 is 6.11. The lowest BCUT2D eigenvalue weighted by Crippen LogP contribution is -2.15. The average molecular weight is 392 g/mol. The van der Waals surface area contributed by atoms with Gasteiger partial charge in [0.15, 0.2) is 0 Å². The van der Waals surface area contributed by atoms with Crippen LogP contribution in [0.25, 0.3) is 0 Å². The van der Waals surface area contributed by atoms with Crippen molar-refractivity contribution in [3.8, 4) is 0 Å². The Balaban J connectivity index is 1.79. The molecule has 0 atom stereocenters. The van der Waals surface area contributed by atoms with Gasteiger partial charge in [-0.25, -0.2) is 13.4 Å². The molecule has 3 aromatic rings. The number of anilines is 3. The zero-order valence-electron chi connectivity index (χ0n) is 14.5. The Kier molecular flexibility index (Phi) is 4.88. The minimum absolute atomic E-state index is 0.135. The van der Waals surface area contributed by atoms with Crippen LogP contribution < -0.4 is 10.0 Å². The van der Waals surface area contributed by atoms with Crippen molar-refractivity contribution in [2.45, 2.75) is 25.7 Å². The second kappa shape index (κ2) is 6.97. The van der Waals surface area contributed by atoms with Crippen molar-refractivity contribution >= 4 is 38.8 Å². The second-order valence-corrected chi connectivity index (χ2v) is 7.86. The fraction of sp³-hybridized carbons (Fsp3) is 0.176. The van der Waals surface area contributed by atoms with Crippen LogP contribution in [-0.2, 0) is 10.0 Å². The smallest absolute Gasteiger partial charge is 0.266 e. The fourth-order valence-corrected chi connectivity index (χ4v) is 4.11. The Bertz CT molecular complexity index is 1030. The zero-order chi connectivity index (χ0) is 18.9. The Morgan fingerprint density at radius 3 is 2.50 bits per heavy atom. The highest BCUT2D eigenvalue weighted by atomic mass is 35.5. The van der Waals surface area contributed by atoms with Gasteiger partial charge in [-0.1, -0.05) is 17.7 Å². The number of nitrogens with one attached hydrogen (secondary N) is 3. The highest BCUT2D eigenvalue weighted by molar-refractivity contribution is 7.92. The largest absolute Gasteiger partial charge is 0.354 e. The van der Waals surface area contributed by atoms with Crippen LogP contribution in [0, 0.1) is 20.8 Å². The minimum atomic E-state index is -3.76. The van der Waals surface area contributed by atoms with E-state index in [0.717, 1.165) is 11.3 Å². The van der Waals surface area contributed by atoms with E-state index in [0.29, 0.717) is 22.1 Å². The van der Waals surface area contributed by atoms with Crippen molar-refractivity contribution in [2.75, 3.05) is 10.0 Å². The van der Waals surface area contributed by atoms with Crippen molar-refractivity contribution in [3.05, 3.63) is 58.5 Å².